The fraction of sp³-hybridized carbons (Fsp3) is 0.200. The first-order chi connectivity index (χ1) is 12.5. The summed E-state index contributed by atoms with van der Waals surface area (Å²) < 4.78 is 10.0. The van der Waals surface area contributed by atoms with Crippen LogP contribution in [0.3, 0.4) is 0 Å². The number of rotatable bonds is 3. The third-order valence-corrected chi connectivity index (χ3v) is 4.30. The van der Waals surface area contributed by atoms with Gasteiger partial charge < -0.3 is 8.83 Å². The molecule has 0 spiro atoms. The Balaban J connectivity index is 1.62. The van der Waals surface area contributed by atoms with Crippen molar-refractivity contribution in [1.82, 2.24) is 9.97 Å². The molecule has 0 atom stereocenters. The van der Waals surface area contributed by atoms with Crippen LogP contribution in [0.2, 0.25) is 0 Å². The van der Waals surface area contributed by atoms with Crippen molar-refractivity contribution in [2.45, 2.75) is 26.7 Å². The van der Waals surface area contributed by atoms with Crippen molar-refractivity contribution in [3.8, 4) is 0 Å². The van der Waals surface area contributed by atoms with E-state index in [-0.39, 0.29) is 11.3 Å². The lowest BCUT2D eigenvalue weighted by atomic mass is 10.0. The predicted octanol–water partition coefficient (Wildman–Crippen LogP) is 3.09. The lowest BCUT2D eigenvalue weighted by molar-refractivity contribution is 0.466. The molecule has 0 aliphatic carbocycles. The number of aromatic nitrogens is 2. The number of hydrogen-bond donors (Lipinski definition) is 0. The van der Waals surface area contributed by atoms with E-state index >= 15 is 0 Å². The van der Waals surface area contributed by atoms with Gasteiger partial charge in [-0.15, -0.1) is 0 Å². The van der Waals surface area contributed by atoms with Crippen LogP contribution >= 0.6 is 0 Å². The minimum absolute atomic E-state index is 0.356. The molecule has 0 saturated heterocycles. The molecule has 2 heterocycles. The lowest BCUT2D eigenvalue weighted by Gasteiger charge is -2.05. The number of benzene rings is 2. The van der Waals surface area contributed by atoms with E-state index in [9.17, 15) is 9.59 Å². The van der Waals surface area contributed by atoms with E-state index < -0.39 is 0 Å². The van der Waals surface area contributed by atoms with Crippen LogP contribution in [0, 0.1) is 13.8 Å². The van der Waals surface area contributed by atoms with Crippen molar-refractivity contribution >= 4 is 21.8 Å². The minimum atomic E-state index is -0.367. The molecule has 0 saturated carbocycles. The fourth-order valence-corrected chi connectivity index (χ4v) is 3.05. The van der Waals surface area contributed by atoms with Gasteiger partial charge in [0, 0.05) is 13.8 Å². The molecule has 0 unspecified atom stereocenters. The molecule has 26 heavy (non-hydrogen) atoms. The maximum Gasteiger partial charge on any atom is 0.346 e. The summed E-state index contributed by atoms with van der Waals surface area (Å²) in [4.78, 5) is 32.2. The Labute approximate surface area is 148 Å². The van der Waals surface area contributed by atoms with Crippen molar-refractivity contribution in [2.75, 3.05) is 0 Å². The molecule has 0 N–H and O–H groups in total. The Hall–Kier alpha value is -3.28. The first-order valence-corrected chi connectivity index (χ1v) is 8.30. The topological polar surface area (TPSA) is 86.2 Å². The SMILES string of the molecule is Cc1nc2cc(CCc3ccc4c(=O)oc(C)nc4c3)ccc2c(=O)o1. The molecule has 0 amide bonds. The Morgan fingerprint density at radius 3 is 1.58 bits per heavy atom. The summed E-state index contributed by atoms with van der Waals surface area (Å²) in [6.07, 6.45) is 1.56. The van der Waals surface area contributed by atoms with Crippen LogP contribution < -0.4 is 11.3 Å². The van der Waals surface area contributed by atoms with E-state index in [1.165, 1.54) is 0 Å². The maximum absolute atomic E-state index is 11.8. The van der Waals surface area contributed by atoms with Gasteiger partial charge in [0.25, 0.3) is 0 Å². The van der Waals surface area contributed by atoms with Crippen LogP contribution in [0.25, 0.3) is 21.8 Å². The Kier molecular flexibility index (Phi) is 3.88. The molecule has 6 heteroatoms. The lowest BCUT2D eigenvalue weighted by Crippen LogP contribution is -2.04. The largest absolute Gasteiger partial charge is 0.408 e. The molecule has 4 rings (SSSR count). The van der Waals surface area contributed by atoms with Crippen LogP contribution in [0.1, 0.15) is 22.9 Å². The second-order valence-corrected chi connectivity index (χ2v) is 6.24. The number of fused-ring (bicyclic) bond motifs is 2. The molecular weight excluding hydrogens is 332 g/mol. The highest BCUT2D eigenvalue weighted by molar-refractivity contribution is 5.78. The highest BCUT2D eigenvalue weighted by Crippen LogP contribution is 2.16. The minimum Gasteiger partial charge on any atom is -0.408 e. The van der Waals surface area contributed by atoms with Crippen LogP contribution in [-0.2, 0) is 12.8 Å². The zero-order valence-electron chi connectivity index (χ0n) is 14.4. The third-order valence-electron chi connectivity index (χ3n) is 4.30. The van der Waals surface area contributed by atoms with E-state index in [2.05, 4.69) is 9.97 Å². The average molecular weight is 348 g/mol. The first kappa shape index (κ1) is 16.2. The molecule has 0 bridgehead atoms. The predicted molar refractivity (Wildman–Crippen MR) is 97.4 cm³/mol. The van der Waals surface area contributed by atoms with Crippen molar-refractivity contribution in [1.29, 1.82) is 0 Å². The van der Waals surface area contributed by atoms with E-state index in [0.29, 0.717) is 33.6 Å². The van der Waals surface area contributed by atoms with Gasteiger partial charge in [-0.2, -0.15) is 0 Å². The summed E-state index contributed by atoms with van der Waals surface area (Å²) in [5.74, 6) is 0.712. The van der Waals surface area contributed by atoms with Gasteiger partial charge in [0.05, 0.1) is 21.8 Å². The summed E-state index contributed by atoms with van der Waals surface area (Å²) in [5, 5.41) is 0.966. The van der Waals surface area contributed by atoms with E-state index in [1.54, 1.807) is 26.0 Å². The van der Waals surface area contributed by atoms with Gasteiger partial charge in [0.2, 0.25) is 0 Å². The fourth-order valence-electron chi connectivity index (χ4n) is 3.05. The number of nitrogens with zero attached hydrogens (tertiary/aromatic N) is 2. The molecule has 0 aliphatic heterocycles. The maximum atomic E-state index is 11.8. The number of aryl methyl sites for hydroxylation is 4. The molecule has 130 valence electrons. The van der Waals surface area contributed by atoms with Gasteiger partial charge in [0.1, 0.15) is 0 Å². The number of hydrogen-bond acceptors (Lipinski definition) is 6. The van der Waals surface area contributed by atoms with Crippen molar-refractivity contribution in [2.24, 2.45) is 0 Å². The summed E-state index contributed by atoms with van der Waals surface area (Å²) in [6.45, 7) is 3.32. The van der Waals surface area contributed by atoms with Gasteiger partial charge in [-0.05, 0) is 48.2 Å². The molecule has 2 aromatic carbocycles. The Morgan fingerprint density at radius 1 is 0.731 bits per heavy atom. The van der Waals surface area contributed by atoms with Gasteiger partial charge in [0.15, 0.2) is 11.8 Å². The van der Waals surface area contributed by atoms with Gasteiger partial charge in [-0.3, -0.25) is 0 Å². The van der Waals surface area contributed by atoms with Crippen molar-refractivity contribution in [3.63, 3.8) is 0 Å². The average Bonchev–Trinajstić information content (AvgIpc) is 2.59. The molecule has 4 aromatic rings. The molecule has 2 aromatic heterocycles. The molecule has 6 nitrogen and oxygen atoms in total. The standard InChI is InChI=1S/C20H16N2O4/c1-11-21-17-9-13(5-7-15(17)19(23)25-11)3-4-14-6-8-16-18(10-14)22-12(2)26-20(16)24/h5-10H,3-4H2,1-2H3. The van der Waals surface area contributed by atoms with Crippen molar-refractivity contribution < 1.29 is 8.83 Å². The summed E-state index contributed by atoms with van der Waals surface area (Å²) >= 11 is 0. The van der Waals surface area contributed by atoms with Gasteiger partial charge >= 0.3 is 11.3 Å². The van der Waals surface area contributed by atoms with Crippen LogP contribution in [0.15, 0.2) is 54.8 Å². The quantitative estimate of drug-likeness (QED) is 0.565. The van der Waals surface area contributed by atoms with E-state index in [0.717, 1.165) is 24.0 Å². The smallest absolute Gasteiger partial charge is 0.346 e. The summed E-state index contributed by atoms with van der Waals surface area (Å²) in [7, 11) is 0. The highest BCUT2D eigenvalue weighted by Gasteiger charge is 2.07. The molecule has 0 fully saturated rings. The molecule has 0 radical (unpaired) electrons. The zero-order chi connectivity index (χ0) is 18.3. The Morgan fingerprint density at radius 2 is 1.15 bits per heavy atom. The van der Waals surface area contributed by atoms with E-state index in [1.807, 2.05) is 24.3 Å². The highest BCUT2D eigenvalue weighted by atomic mass is 16.4. The van der Waals surface area contributed by atoms with Crippen molar-refractivity contribution in [3.05, 3.63) is 80.1 Å². The second kappa shape index (κ2) is 6.22. The van der Waals surface area contributed by atoms with E-state index in [4.69, 9.17) is 8.83 Å². The Bertz CT molecular complexity index is 1160. The van der Waals surface area contributed by atoms with Crippen LogP contribution in [0.5, 0.6) is 0 Å². The zero-order valence-corrected chi connectivity index (χ0v) is 14.4. The normalized spacial score (nSPS) is 11.3. The third kappa shape index (κ3) is 3.01. The molecule has 0 aliphatic rings. The van der Waals surface area contributed by atoms with Gasteiger partial charge in [-0.25, -0.2) is 19.6 Å². The van der Waals surface area contributed by atoms with Crippen LogP contribution in [0.4, 0.5) is 0 Å². The summed E-state index contributed by atoms with van der Waals surface area (Å²) in [5.41, 5.74) is 2.70. The van der Waals surface area contributed by atoms with Gasteiger partial charge in [-0.1, -0.05) is 12.1 Å². The first-order valence-electron chi connectivity index (χ1n) is 8.30. The monoisotopic (exact) mass is 348 g/mol. The second-order valence-electron chi connectivity index (χ2n) is 6.24. The van der Waals surface area contributed by atoms with Crippen LogP contribution in [-0.4, -0.2) is 9.97 Å². The summed E-state index contributed by atoms with van der Waals surface area (Å²) in [6, 6.07) is 11.1. The molecular formula is C20H16N2O4.